The molecule has 10 heteroatoms. The van der Waals surface area contributed by atoms with E-state index in [-0.39, 0.29) is 5.56 Å². The van der Waals surface area contributed by atoms with Crippen molar-refractivity contribution in [1.82, 2.24) is 10.6 Å². The fourth-order valence-electron chi connectivity index (χ4n) is 2.49. The Morgan fingerprint density at radius 2 is 1.70 bits per heavy atom. The predicted octanol–water partition coefficient (Wildman–Crippen LogP) is 1.75. The number of esters is 1. The molecule has 0 spiro atoms. The second kappa shape index (κ2) is 11.1. The summed E-state index contributed by atoms with van der Waals surface area (Å²) in [6.07, 6.45) is -0.990. The Morgan fingerprint density at radius 1 is 1.03 bits per heavy atom. The van der Waals surface area contributed by atoms with Gasteiger partial charge >= 0.3 is 5.97 Å². The van der Waals surface area contributed by atoms with Crippen LogP contribution in [0.4, 0.5) is 0 Å². The molecule has 0 aliphatic rings. The molecular weight excluding hydrogens is 412 g/mol. The molecular formula is C20H24N2O7S. The minimum atomic E-state index is -0.990. The van der Waals surface area contributed by atoms with Gasteiger partial charge in [0, 0.05) is 10.4 Å². The Bertz CT molecular complexity index is 858. The quantitative estimate of drug-likeness (QED) is 0.546. The first-order valence-electron chi connectivity index (χ1n) is 8.97. The van der Waals surface area contributed by atoms with Crippen LogP contribution in [0.2, 0.25) is 0 Å². The van der Waals surface area contributed by atoms with Gasteiger partial charge in [0.15, 0.2) is 17.6 Å². The molecule has 162 valence electrons. The number of amides is 2. The number of carbonyl (C=O) groups is 3. The average molecular weight is 436 g/mol. The fourth-order valence-corrected chi connectivity index (χ4v) is 3.13. The van der Waals surface area contributed by atoms with Crippen LogP contribution < -0.4 is 24.8 Å². The largest absolute Gasteiger partial charge is 0.493 e. The molecule has 2 rings (SSSR count). The molecule has 2 amide bonds. The van der Waals surface area contributed by atoms with Gasteiger partial charge in [0.25, 0.3) is 11.8 Å². The lowest BCUT2D eigenvalue weighted by molar-refractivity contribution is -0.153. The second-order valence-electron chi connectivity index (χ2n) is 6.03. The first-order chi connectivity index (χ1) is 14.4. The van der Waals surface area contributed by atoms with E-state index in [0.29, 0.717) is 23.8 Å². The number of nitrogens with one attached hydrogen (secondary N) is 2. The van der Waals surface area contributed by atoms with Crippen LogP contribution in [0.5, 0.6) is 17.2 Å². The zero-order chi connectivity index (χ0) is 22.1. The summed E-state index contributed by atoms with van der Waals surface area (Å²) in [6, 6.07) is 6.69. The zero-order valence-corrected chi connectivity index (χ0v) is 18.0. The Hall–Kier alpha value is -3.27. The first-order valence-corrected chi connectivity index (χ1v) is 9.85. The van der Waals surface area contributed by atoms with Crippen molar-refractivity contribution in [2.75, 3.05) is 27.9 Å². The van der Waals surface area contributed by atoms with Gasteiger partial charge < -0.3 is 29.6 Å². The number of hydrogen-bond donors (Lipinski definition) is 2. The number of carbonyl (C=O) groups excluding carboxylic acids is 3. The highest BCUT2D eigenvalue weighted by Gasteiger charge is 2.20. The van der Waals surface area contributed by atoms with Gasteiger partial charge in [-0.15, -0.1) is 11.3 Å². The van der Waals surface area contributed by atoms with E-state index < -0.39 is 30.4 Å². The van der Waals surface area contributed by atoms with Crippen molar-refractivity contribution in [3.8, 4) is 17.2 Å². The Labute approximate surface area is 178 Å². The number of ether oxygens (including phenoxy) is 4. The van der Waals surface area contributed by atoms with Gasteiger partial charge in [0.2, 0.25) is 5.75 Å². The molecule has 0 saturated heterocycles. The molecule has 1 unspecified atom stereocenters. The summed E-state index contributed by atoms with van der Waals surface area (Å²) in [6.45, 7) is 1.41. The number of hydrogen-bond acceptors (Lipinski definition) is 8. The van der Waals surface area contributed by atoms with Gasteiger partial charge in [0.05, 0.1) is 27.9 Å². The summed E-state index contributed by atoms with van der Waals surface area (Å²) in [5.41, 5.74) is 0.207. The van der Waals surface area contributed by atoms with E-state index in [4.69, 9.17) is 18.9 Å². The van der Waals surface area contributed by atoms with Crippen LogP contribution in [-0.4, -0.2) is 51.8 Å². The highest BCUT2D eigenvalue weighted by Crippen LogP contribution is 2.38. The van der Waals surface area contributed by atoms with E-state index in [0.717, 1.165) is 4.88 Å². The molecule has 0 aliphatic heterocycles. The predicted molar refractivity (Wildman–Crippen MR) is 110 cm³/mol. The second-order valence-corrected chi connectivity index (χ2v) is 7.06. The number of rotatable bonds is 10. The Morgan fingerprint density at radius 3 is 2.23 bits per heavy atom. The highest BCUT2D eigenvalue weighted by molar-refractivity contribution is 7.09. The maximum Gasteiger partial charge on any atom is 0.326 e. The summed E-state index contributed by atoms with van der Waals surface area (Å²) in [4.78, 5) is 37.4. The summed E-state index contributed by atoms with van der Waals surface area (Å²) < 4.78 is 20.7. The van der Waals surface area contributed by atoms with Gasteiger partial charge in [-0.1, -0.05) is 6.07 Å². The van der Waals surface area contributed by atoms with E-state index in [1.165, 1.54) is 51.7 Å². The van der Waals surface area contributed by atoms with Crippen LogP contribution >= 0.6 is 11.3 Å². The number of methoxy groups -OCH3 is 3. The fraction of sp³-hybridized carbons (Fsp3) is 0.350. The molecule has 1 heterocycles. The van der Waals surface area contributed by atoms with Crippen molar-refractivity contribution >= 4 is 29.1 Å². The molecule has 1 atom stereocenters. The molecule has 0 saturated carbocycles. The van der Waals surface area contributed by atoms with Gasteiger partial charge in [-0.05, 0) is 30.5 Å². The smallest absolute Gasteiger partial charge is 0.326 e. The first kappa shape index (κ1) is 23.0. The van der Waals surface area contributed by atoms with E-state index in [9.17, 15) is 14.4 Å². The molecule has 0 fully saturated rings. The molecule has 0 bridgehead atoms. The van der Waals surface area contributed by atoms with Crippen molar-refractivity contribution in [3.05, 3.63) is 40.1 Å². The molecule has 0 radical (unpaired) electrons. The lowest BCUT2D eigenvalue weighted by Gasteiger charge is -2.15. The third kappa shape index (κ3) is 6.11. The topological polar surface area (TPSA) is 112 Å². The van der Waals surface area contributed by atoms with Gasteiger partial charge in [0.1, 0.15) is 6.54 Å². The summed E-state index contributed by atoms with van der Waals surface area (Å²) in [7, 11) is 4.32. The van der Waals surface area contributed by atoms with Gasteiger partial charge in [-0.3, -0.25) is 14.4 Å². The minimum Gasteiger partial charge on any atom is -0.493 e. The Balaban J connectivity index is 1.87. The van der Waals surface area contributed by atoms with Crippen molar-refractivity contribution in [1.29, 1.82) is 0 Å². The molecule has 1 aromatic carbocycles. The average Bonchev–Trinajstić information content (AvgIpc) is 3.28. The monoisotopic (exact) mass is 436 g/mol. The molecule has 9 nitrogen and oxygen atoms in total. The van der Waals surface area contributed by atoms with Crippen molar-refractivity contribution in [2.24, 2.45) is 0 Å². The van der Waals surface area contributed by atoms with Crippen LogP contribution in [0.3, 0.4) is 0 Å². The summed E-state index contributed by atoms with van der Waals surface area (Å²) >= 11 is 1.51. The Kier molecular flexibility index (Phi) is 8.48. The van der Waals surface area contributed by atoms with E-state index >= 15 is 0 Å². The molecule has 0 aliphatic carbocycles. The summed E-state index contributed by atoms with van der Waals surface area (Å²) in [5, 5.41) is 7.03. The maximum absolute atomic E-state index is 12.4. The third-order valence-electron chi connectivity index (χ3n) is 4.01. The molecule has 30 heavy (non-hydrogen) atoms. The van der Waals surface area contributed by atoms with Crippen LogP contribution in [0.15, 0.2) is 29.6 Å². The van der Waals surface area contributed by atoms with Crippen LogP contribution in [0, 0.1) is 0 Å². The van der Waals surface area contributed by atoms with Crippen molar-refractivity contribution in [3.63, 3.8) is 0 Å². The van der Waals surface area contributed by atoms with Crippen molar-refractivity contribution in [2.45, 2.75) is 19.6 Å². The molecule has 2 N–H and O–H groups in total. The number of thiophene rings is 1. The van der Waals surface area contributed by atoms with Crippen molar-refractivity contribution < 1.29 is 33.3 Å². The molecule has 1 aromatic heterocycles. The van der Waals surface area contributed by atoms with Crippen LogP contribution in [0.25, 0.3) is 0 Å². The molecule has 2 aromatic rings. The SMILES string of the molecule is COc1cc(C(=O)NCC(=O)OC(C)C(=O)NCc2cccs2)cc(OC)c1OC. The van der Waals surface area contributed by atoms with Gasteiger partial charge in [-0.25, -0.2) is 0 Å². The van der Waals surface area contributed by atoms with E-state index in [1.54, 1.807) is 0 Å². The summed E-state index contributed by atoms with van der Waals surface area (Å²) in [5.74, 6) is -0.747. The lowest BCUT2D eigenvalue weighted by atomic mass is 10.1. The van der Waals surface area contributed by atoms with Crippen LogP contribution in [0.1, 0.15) is 22.2 Å². The van der Waals surface area contributed by atoms with E-state index in [2.05, 4.69) is 10.6 Å². The van der Waals surface area contributed by atoms with E-state index in [1.807, 2.05) is 17.5 Å². The zero-order valence-electron chi connectivity index (χ0n) is 17.1. The highest BCUT2D eigenvalue weighted by atomic mass is 32.1. The minimum absolute atomic E-state index is 0.207. The normalized spacial score (nSPS) is 11.2. The number of benzene rings is 1. The van der Waals surface area contributed by atoms with Crippen LogP contribution in [-0.2, 0) is 20.9 Å². The maximum atomic E-state index is 12.4. The third-order valence-corrected chi connectivity index (χ3v) is 4.89. The van der Waals surface area contributed by atoms with Gasteiger partial charge in [-0.2, -0.15) is 0 Å². The standard InChI is InChI=1S/C20H24N2O7S/c1-12(19(24)21-10-14-6-5-7-30-14)29-17(23)11-22-20(25)13-8-15(26-2)18(28-4)16(9-13)27-3/h5-9,12H,10-11H2,1-4H3,(H,21,24)(H,22,25). The lowest BCUT2D eigenvalue weighted by Crippen LogP contribution is -2.38.